The average Bonchev–Trinajstić information content (AvgIpc) is 2.74. The molecule has 1 aliphatic rings. The molecule has 0 radical (unpaired) electrons. The first-order valence-electron chi connectivity index (χ1n) is 6.20. The number of nitrogens with zero attached hydrogens (tertiary/aromatic N) is 4. The number of nitrogens with two attached hydrogens (primary N) is 1. The average molecular weight is 281 g/mol. The van der Waals surface area contributed by atoms with E-state index >= 15 is 0 Å². The van der Waals surface area contributed by atoms with Gasteiger partial charge in [0.1, 0.15) is 24.0 Å². The minimum Gasteiger partial charge on any atom is -0.394 e. The van der Waals surface area contributed by atoms with Crippen LogP contribution in [0.2, 0.25) is 0 Å². The lowest BCUT2D eigenvalue weighted by Crippen LogP contribution is -2.36. The Labute approximate surface area is 113 Å². The topological polar surface area (TPSA) is 128 Å². The third-order valence-corrected chi connectivity index (χ3v) is 3.43. The van der Waals surface area contributed by atoms with Gasteiger partial charge in [0.25, 0.3) is 0 Å². The van der Waals surface area contributed by atoms with Crippen LogP contribution < -0.4 is 11.4 Å². The Hall–Kier alpha value is -1.97. The van der Waals surface area contributed by atoms with Gasteiger partial charge >= 0.3 is 5.69 Å². The lowest BCUT2D eigenvalue weighted by molar-refractivity contribution is -0.110. The molecular weight excluding hydrogens is 266 g/mol. The lowest BCUT2D eigenvalue weighted by atomic mass is 10.2. The van der Waals surface area contributed by atoms with E-state index in [0.717, 1.165) is 0 Å². The number of nitrogen functional groups attached to an aromatic ring is 1. The molecule has 9 heteroatoms. The van der Waals surface area contributed by atoms with Crippen LogP contribution in [0, 0.1) is 0 Å². The second-order valence-electron chi connectivity index (χ2n) is 4.74. The monoisotopic (exact) mass is 281 g/mol. The number of hydrogen-bond donors (Lipinski definition) is 3. The summed E-state index contributed by atoms with van der Waals surface area (Å²) in [4.78, 5) is 19.9. The highest BCUT2D eigenvalue weighted by Gasteiger charge is 2.30. The number of rotatable bonds is 2. The van der Waals surface area contributed by atoms with Crippen molar-refractivity contribution in [2.75, 3.05) is 12.3 Å². The molecule has 108 valence electrons. The van der Waals surface area contributed by atoms with Gasteiger partial charge in [0.2, 0.25) is 0 Å². The third kappa shape index (κ3) is 1.79. The molecule has 0 saturated heterocycles. The van der Waals surface area contributed by atoms with Gasteiger partial charge in [-0.05, 0) is 6.92 Å². The Bertz CT molecular complexity index is 709. The van der Waals surface area contributed by atoms with E-state index in [4.69, 9.17) is 15.6 Å². The molecule has 3 atom stereocenters. The summed E-state index contributed by atoms with van der Waals surface area (Å²) >= 11 is 0. The highest BCUT2D eigenvalue weighted by molar-refractivity contribution is 5.81. The zero-order chi connectivity index (χ0) is 14.4. The Kier molecular flexibility index (Phi) is 2.96. The molecule has 20 heavy (non-hydrogen) atoms. The van der Waals surface area contributed by atoms with Crippen LogP contribution in [0.5, 0.6) is 0 Å². The summed E-state index contributed by atoms with van der Waals surface area (Å²) in [5, 5.41) is 18.9. The molecular formula is C11H15N5O4. The van der Waals surface area contributed by atoms with Crippen molar-refractivity contribution in [1.29, 1.82) is 0 Å². The van der Waals surface area contributed by atoms with E-state index in [-0.39, 0.29) is 12.4 Å². The van der Waals surface area contributed by atoms with E-state index in [9.17, 15) is 9.90 Å². The summed E-state index contributed by atoms with van der Waals surface area (Å²) in [6.45, 7) is 1.49. The fraction of sp³-hybridized carbons (Fsp3) is 0.545. The number of aliphatic hydroxyl groups excluding tert-OH is 2. The predicted molar refractivity (Wildman–Crippen MR) is 68.9 cm³/mol. The molecule has 2 unspecified atom stereocenters. The minimum absolute atomic E-state index is 0.0633. The van der Waals surface area contributed by atoms with Gasteiger partial charge in [0.05, 0.1) is 19.5 Å². The highest BCUT2D eigenvalue weighted by Crippen LogP contribution is 2.25. The number of aromatic nitrogens is 4. The van der Waals surface area contributed by atoms with E-state index in [1.807, 2.05) is 0 Å². The molecule has 4 N–H and O–H groups in total. The quantitative estimate of drug-likeness (QED) is 0.607. The van der Waals surface area contributed by atoms with Crippen LogP contribution >= 0.6 is 0 Å². The molecule has 9 nitrogen and oxygen atoms in total. The fourth-order valence-corrected chi connectivity index (χ4v) is 2.45. The normalized spacial score (nSPS) is 23.8. The first-order chi connectivity index (χ1) is 9.52. The maximum atomic E-state index is 12.0. The van der Waals surface area contributed by atoms with Crippen LogP contribution in [-0.4, -0.2) is 48.1 Å². The largest absolute Gasteiger partial charge is 0.394 e. The van der Waals surface area contributed by atoms with Crippen molar-refractivity contribution >= 4 is 17.0 Å². The van der Waals surface area contributed by atoms with E-state index in [1.54, 1.807) is 11.5 Å². The maximum absolute atomic E-state index is 12.0. The second-order valence-corrected chi connectivity index (χ2v) is 4.74. The van der Waals surface area contributed by atoms with Crippen molar-refractivity contribution < 1.29 is 14.9 Å². The first-order valence-corrected chi connectivity index (χ1v) is 6.20. The van der Waals surface area contributed by atoms with Crippen molar-refractivity contribution in [2.45, 2.75) is 31.9 Å². The smallest absolute Gasteiger partial charge is 0.353 e. The summed E-state index contributed by atoms with van der Waals surface area (Å²) in [6, 6.07) is 0. The minimum atomic E-state index is -1.05. The number of aliphatic hydroxyl groups is 2. The molecule has 0 aliphatic carbocycles. The molecule has 2 aromatic rings. The molecule has 0 spiro atoms. The van der Waals surface area contributed by atoms with Gasteiger partial charge in [-0.3, -0.25) is 0 Å². The van der Waals surface area contributed by atoms with Crippen LogP contribution in [0.25, 0.3) is 11.2 Å². The molecule has 0 saturated carbocycles. The van der Waals surface area contributed by atoms with E-state index in [1.165, 1.54) is 10.9 Å². The van der Waals surface area contributed by atoms with Gasteiger partial charge in [-0.2, -0.15) is 4.98 Å². The molecule has 2 aromatic heterocycles. The van der Waals surface area contributed by atoms with Gasteiger partial charge in [0, 0.05) is 0 Å². The molecule has 1 aliphatic heterocycles. The summed E-state index contributed by atoms with van der Waals surface area (Å²) in [5.74, 6) is 0.0633. The predicted octanol–water partition coefficient (Wildman–Crippen LogP) is -1.55. The zero-order valence-corrected chi connectivity index (χ0v) is 10.8. The SMILES string of the molecule is C[C@H]1OC(C(O)CO)Cn2cnc3c(N)nc(=O)n1c32. The fourth-order valence-electron chi connectivity index (χ4n) is 2.45. The number of ether oxygens (including phenoxy) is 1. The van der Waals surface area contributed by atoms with E-state index < -0.39 is 30.7 Å². The Balaban J connectivity index is 2.22. The van der Waals surface area contributed by atoms with Crippen molar-refractivity contribution in [2.24, 2.45) is 0 Å². The standard InChI is InChI=1S/C11H15N5O4/c1-5-16-10-8(9(12)14-11(16)19)13-4-15(10)2-7(20-5)6(18)3-17/h4-7,17-18H,2-3H2,1H3,(H2,12,14,19)/t5-,6?,7?/m1/s1. The molecule has 0 bridgehead atoms. The summed E-state index contributed by atoms with van der Waals surface area (Å²) in [6.07, 6.45) is -0.850. The third-order valence-electron chi connectivity index (χ3n) is 3.43. The Morgan fingerprint density at radius 2 is 2.40 bits per heavy atom. The zero-order valence-electron chi connectivity index (χ0n) is 10.8. The Morgan fingerprint density at radius 3 is 3.10 bits per heavy atom. The van der Waals surface area contributed by atoms with Gasteiger partial charge in [0.15, 0.2) is 11.5 Å². The second kappa shape index (κ2) is 4.54. The van der Waals surface area contributed by atoms with Crippen LogP contribution in [0.4, 0.5) is 5.82 Å². The van der Waals surface area contributed by atoms with Gasteiger partial charge < -0.3 is 25.3 Å². The van der Waals surface area contributed by atoms with Gasteiger partial charge in [-0.1, -0.05) is 0 Å². The summed E-state index contributed by atoms with van der Waals surface area (Å²) < 4.78 is 8.64. The van der Waals surface area contributed by atoms with E-state index in [2.05, 4.69) is 9.97 Å². The molecule has 0 fully saturated rings. The summed E-state index contributed by atoms with van der Waals surface area (Å²) in [7, 11) is 0. The lowest BCUT2D eigenvalue weighted by Gasteiger charge is -2.23. The number of imidazole rings is 1. The molecule has 0 aromatic carbocycles. The maximum Gasteiger partial charge on any atom is 0.353 e. The van der Waals surface area contributed by atoms with Crippen molar-refractivity contribution in [1.82, 2.24) is 19.1 Å². The van der Waals surface area contributed by atoms with Gasteiger partial charge in [-0.15, -0.1) is 0 Å². The van der Waals surface area contributed by atoms with Crippen LogP contribution in [-0.2, 0) is 11.3 Å². The summed E-state index contributed by atoms with van der Waals surface area (Å²) in [5.41, 5.74) is 6.08. The van der Waals surface area contributed by atoms with Crippen LogP contribution in [0.1, 0.15) is 13.2 Å². The van der Waals surface area contributed by atoms with Crippen LogP contribution in [0.3, 0.4) is 0 Å². The first kappa shape index (κ1) is 13.0. The molecule has 3 rings (SSSR count). The van der Waals surface area contributed by atoms with Crippen molar-refractivity contribution in [3.8, 4) is 0 Å². The number of anilines is 1. The van der Waals surface area contributed by atoms with Crippen molar-refractivity contribution in [3.05, 3.63) is 16.8 Å². The van der Waals surface area contributed by atoms with Gasteiger partial charge in [-0.25, -0.2) is 14.3 Å². The molecule has 3 heterocycles. The Morgan fingerprint density at radius 1 is 1.65 bits per heavy atom. The highest BCUT2D eigenvalue weighted by atomic mass is 16.5. The molecule has 0 amide bonds. The van der Waals surface area contributed by atoms with E-state index in [0.29, 0.717) is 11.2 Å². The van der Waals surface area contributed by atoms with Crippen LogP contribution in [0.15, 0.2) is 11.1 Å². The number of hydrogen-bond acceptors (Lipinski definition) is 7. The van der Waals surface area contributed by atoms with Crippen molar-refractivity contribution in [3.63, 3.8) is 0 Å².